The second-order valence-electron chi connectivity index (χ2n) is 6.79. The smallest absolute Gasteiger partial charge is 0.340 e. The molecule has 2 heterocycles. The number of hydrogen-bond acceptors (Lipinski definition) is 6. The van der Waals surface area contributed by atoms with Gasteiger partial charge < -0.3 is 20.1 Å². The van der Waals surface area contributed by atoms with Gasteiger partial charge in [-0.05, 0) is 32.1 Å². The first-order valence-corrected chi connectivity index (χ1v) is 8.93. The minimum absolute atomic E-state index is 0.00261. The van der Waals surface area contributed by atoms with Crippen LogP contribution in [0.2, 0.25) is 0 Å². The highest BCUT2D eigenvalue weighted by Gasteiger charge is 2.35. The van der Waals surface area contributed by atoms with Gasteiger partial charge in [-0.2, -0.15) is 5.10 Å². The summed E-state index contributed by atoms with van der Waals surface area (Å²) >= 11 is 0. The molecular weight excluding hydrogens is 326 g/mol. The Kier molecular flexibility index (Phi) is 6.22. The Bertz CT molecular complexity index is 610. The van der Waals surface area contributed by atoms with Crippen LogP contribution in [0.5, 0.6) is 0 Å². The van der Waals surface area contributed by atoms with Crippen molar-refractivity contribution in [1.29, 1.82) is 0 Å². The number of nitrogens with one attached hydrogen (secondary N) is 4. The van der Waals surface area contributed by atoms with Crippen LogP contribution in [-0.4, -0.2) is 59.6 Å². The van der Waals surface area contributed by atoms with Gasteiger partial charge >= 0.3 is 5.69 Å². The fourth-order valence-corrected chi connectivity index (χ4v) is 3.71. The maximum Gasteiger partial charge on any atom is 0.340 e. The van der Waals surface area contributed by atoms with Gasteiger partial charge in [0.2, 0.25) is 5.91 Å². The maximum atomic E-state index is 12.5. The van der Waals surface area contributed by atoms with Crippen LogP contribution in [0.4, 0.5) is 0 Å². The number of amides is 1. The number of aromatic nitrogens is 3. The Morgan fingerprint density at radius 3 is 2.80 bits per heavy atom. The largest absolute Gasteiger partial charge is 0.381 e. The number of hydrogen-bond donors (Lipinski definition) is 4. The fourth-order valence-electron chi connectivity index (χ4n) is 3.71. The van der Waals surface area contributed by atoms with E-state index in [4.69, 9.17) is 9.47 Å². The van der Waals surface area contributed by atoms with Crippen LogP contribution >= 0.6 is 0 Å². The van der Waals surface area contributed by atoms with Crippen LogP contribution in [-0.2, 0) is 20.8 Å². The van der Waals surface area contributed by atoms with E-state index in [9.17, 15) is 9.59 Å². The molecule has 1 saturated carbocycles. The van der Waals surface area contributed by atoms with Crippen LogP contribution in [0.15, 0.2) is 4.79 Å². The standard InChI is InChI=1S/C16H27N5O4/c1-24-13-3-2-10(8-12(13)18-11-4-6-25-7-5-11)15(22)17-9-14-19-16(23)21-20-14/h10-13,18H,2-9H2,1H3,(H,17,22)(H2,19,20,21,23)/t10-,12+,13+/m0/s1. The molecule has 3 rings (SSSR count). The molecule has 1 aliphatic heterocycles. The lowest BCUT2D eigenvalue weighted by Gasteiger charge is -2.38. The summed E-state index contributed by atoms with van der Waals surface area (Å²) in [6.07, 6.45) is 4.53. The first kappa shape index (κ1) is 18.1. The van der Waals surface area contributed by atoms with E-state index in [1.54, 1.807) is 7.11 Å². The van der Waals surface area contributed by atoms with E-state index in [0.29, 0.717) is 11.9 Å². The van der Waals surface area contributed by atoms with Crippen LogP contribution in [0, 0.1) is 5.92 Å². The van der Waals surface area contributed by atoms with Crippen molar-refractivity contribution in [3.05, 3.63) is 16.3 Å². The molecule has 1 aliphatic carbocycles. The Labute approximate surface area is 146 Å². The molecule has 0 spiro atoms. The SMILES string of the molecule is CO[C@@H]1CC[C@H](C(=O)NCc2n[nH]c(=O)[nH]2)C[C@H]1NC1CCOCC1. The molecule has 0 unspecified atom stereocenters. The van der Waals surface area contributed by atoms with E-state index >= 15 is 0 Å². The third kappa shape index (κ3) is 4.90. The molecule has 0 bridgehead atoms. The molecule has 1 saturated heterocycles. The predicted octanol–water partition coefficient (Wildman–Crippen LogP) is -0.333. The summed E-state index contributed by atoms with van der Waals surface area (Å²) in [6, 6.07) is 0.593. The van der Waals surface area contributed by atoms with Crippen LogP contribution < -0.4 is 16.3 Å². The Morgan fingerprint density at radius 1 is 1.32 bits per heavy atom. The lowest BCUT2D eigenvalue weighted by Crippen LogP contribution is -2.52. The minimum Gasteiger partial charge on any atom is -0.381 e. The second kappa shape index (κ2) is 8.59. The zero-order valence-corrected chi connectivity index (χ0v) is 14.5. The van der Waals surface area contributed by atoms with Crippen molar-refractivity contribution in [2.45, 2.75) is 56.8 Å². The molecule has 2 fully saturated rings. The van der Waals surface area contributed by atoms with Gasteiger partial charge in [0.25, 0.3) is 0 Å². The Hall–Kier alpha value is -1.71. The zero-order valence-electron chi connectivity index (χ0n) is 14.5. The molecule has 25 heavy (non-hydrogen) atoms. The maximum absolute atomic E-state index is 12.5. The van der Waals surface area contributed by atoms with E-state index in [2.05, 4.69) is 25.8 Å². The molecule has 2 aliphatic rings. The number of methoxy groups -OCH3 is 1. The monoisotopic (exact) mass is 353 g/mol. The lowest BCUT2D eigenvalue weighted by atomic mass is 9.82. The molecule has 4 N–H and O–H groups in total. The molecule has 1 amide bonds. The highest BCUT2D eigenvalue weighted by Crippen LogP contribution is 2.27. The number of carbonyl (C=O) groups excluding carboxylic acids is 1. The van der Waals surface area contributed by atoms with Crippen molar-refractivity contribution in [1.82, 2.24) is 25.8 Å². The quantitative estimate of drug-likeness (QED) is 0.555. The van der Waals surface area contributed by atoms with E-state index in [1.807, 2.05) is 0 Å². The van der Waals surface area contributed by atoms with E-state index < -0.39 is 0 Å². The summed E-state index contributed by atoms with van der Waals surface area (Å²) in [4.78, 5) is 26.0. The molecule has 0 aromatic carbocycles. The number of carbonyl (C=O) groups is 1. The molecular formula is C16H27N5O4. The summed E-state index contributed by atoms with van der Waals surface area (Å²) < 4.78 is 11.0. The van der Waals surface area contributed by atoms with Crippen molar-refractivity contribution in [2.24, 2.45) is 5.92 Å². The minimum atomic E-state index is -0.370. The van der Waals surface area contributed by atoms with Gasteiger partial charge in [-0.3, -0.25) is 9.78 Å². The average Bonchev–Trinajstić information content (AvgIpc) is 3.06. The van der Waals surface area contributed by atoms with Crippen LogP contribution in [0.25, 0.3) is 0 Å². The lowest BCUT2D eigenvalue weighted by molar-refractivity contribution is -0.127. The topological polar surface area (TPSA) is 121 Å². The van der Waals surface area contributed by atoms with Crippen molar-refractivity contribution < 1.29 is 14.3 Å². The number of aromatic amines is 2. The number of ether oxygens (including phenoxy) is 2. The molecule has 1 aromatic rings. The summed E-state index contributed by atoms with van der Waals surface area (Å²) in [5.74, 6) is 0.368. The van der Waals surface area contributed by atoms with Crippen molar-refractivity contribution in [3.63, 3.8) is 0 Å². The molecule has 140 valence electrons. The Morgan fingerprint density at radius 2 is 2.12 bits per heavy atom. The number of nitrogens with zero attached hydrogens (tertiary/aromatic N) is 1. The average molecular weight is 353 g/mol. The van der Waals surface area contributed by atoms with Gasteiger partial charge in [0.15, 0.2) is 0 Å². The second-order valence-corrected chi connectivity index (χ2v) is 6.79. The first-order chi connectivity index (χ1) is 12.2. The molecule has 9 nitrogen and oxygen atoms in total. The molecule has 1 aromatic heterocycles. The zero-order chi connectivity index (χ0) is 17.6. The summed E-state index contributed by atoms with van der Waals surface area (Å²) in [7, 11) is 1.73. The third-order valence-corrected chi connectivity index (χ3v) is 5.11. The van der Waals surface area contributed by atoms with Gasteiger partial charge in [-0.15, -0.1) is 0 Å². The van der Waals surface area contributed by atoms with Crippen LogP contribution in [0.3, 0.4) is 0 Å². The summed E-state index contributed by atoms with van der Waals surface area (Å²) in [6.45, 7) is 1.79. The van der Waals surface area contributed by atoms with Gasteiger partial charge in [0.05, 0.1) is 12.6 Å². The van der Waals surface area contributed by atoms with Gasteiger partial charge in [0.1, 0.15) is 5.82 Å². The molecule has 0 radical (unpaired) electrons. The van der Waals surface area contributed by atoms with Crippen molar-refractivity contribution >= 4 is 5.91 Å². The van der Waals surface area contributed by atoms with E-state index in [-0.39, 0.29) is 36.2 Å². The predicted molar refractivity (Wildman–Crippen MR) is 90.0 cm³/mol. The van der Waals surface area contributed by atoms with Crippen molar-refractivity contribution in [2.75, 3.05) is 20.3 Å². The van der Waals surface area contributed by atoms with Crippen LogP contribution in [0.1, 0.15) is 37.9 Å². The summed E-state index contributed by atoms with van der Waals surface area (Å²) in [5.41, 5.74) is -0.370. The molecule has 3 atom stereocenters. The highest BCUT2D eigenvalue weighted by atomic mass is 16.5. The molecule has 9 heteroatoms. The Balaban J connectivity index is 1.52. The van der Waals surface area contributed by atoms with E-state index in [1.165, 1.54) is 0 Å². The number of H-pyrrole nitrogens is 2. The fraction of sp³-hybridized carbons (Fsp3) is 0.812. The van der Waals surface area contributed by atoms with Crippen molar-refractivity contribution in [3.8, 4) is 0 Å². The first-order valence-electron chi connectivity index (χ1n) is 8.93. The van der Waals surface area contributed by atoms with E-state index in [0.717, 1.165) is 45.3 Å². The third-order valence-electron chi connectivity index (χ3n) is 5.11. The highest BCUT2D eigenvalue weighted by molar-refractivity contribution is 5.78. The van der Waals surface area contributed by atoms with Gasteiger partial charge in [-0.25, -0.2) is 9.89 Å². The van der Waals surface area contributed by atoms with Gasteiger partial charge in [-0.1, -0.05) is 0 Å². The number of rotatable bonds is 6. The summed E-state index contributed by atoms with van der Waals surface area (Å²) in [5, 5.41) is 12.6. The van der Waals surface area contributed by atoms with Gasteiger partial charge in [0, 0.05) is 38.3 Å². The normalized spacial score (nSPS) is 28.0.